The molecule has 1 saturated carbocycles. The van der Waals surface area contributed by atoms with Crippen molar-refractivity contribution < 1.29 is 4.74 Å². The lowest BCUT2D eigenvalue weighted by atomic mass is 9.79. The summed E-state index contributed by atoms with van der Waals surface area (Å²) in [4.78, 5) is 2.73. The monoisotopic (exact) mass is 266 g/mol. The molecule has 3 fully saturated rings. The molecule has 0 radical (unpaired) electrons. The summed E-state index contributed by atoms with van der Waals surface area (Å²) in [5.41, 5.74) is 0.446. The molecule has 3 rings (SSSR count). The Hall–Kier alpha value is -0.120. The Balaban J connectivity index is 1.53. The minimum absolute atomic E-state index is 0.446. The number of nitrogens with zero attached hydrogens (tertiary/aromatic N) is 1. The fourth-order valence-corrected chi connectivity index (χ4v) is 4.14. The van der Waals surface area contributed by atoms with Gasteiger partial charge in [-0.1, -0.05) is 19.3 Å². The van der Waals surface area contributed by atoms with Crippen LogP contribution in [0.25, 0.3) is 0 Å². The minimum atomic E-state index is 0.446. The second kappa shape index (κ2) is 6.11. The largest absolute Gasteiger partial charge is 0.378 e. The van der Waals surface area contributed by atoms with E-state index in [0.717, 1.165) is 6.61 Å². The lowest BCUT2D eigenvalue weighted by Gasteiger charge is -2.49. The molecule has 3 aliphatic rings. The Morgan fingerprint density at radius 1 is 1.21 bits per heavy atom. The van der Waals surface area contributed by atoms with Gasteiger partial charge in [0, 0.05) is 37.8 Å². The average molecular weight is 266 g/mol. The lowest BCUT2D eigenvalue weighted by molar-refractivity contribution is 0.0413. The van der Waals surface area contributed by atoms with Gasteiger partial charge in [-0.05, 0) is 39.0 Å². The molecule has 0 amide bonds. The molecular weight excluding hydrogens is 236 g/mol. The molecule has 2 heterocycles. The summed E-state index contributed by atoms with van der Waals surface area (Å²) in [5.74, 6) is 0. The van der Waals surface area contributed by atoms with E-state index in [4.69, 9.17) is 4.74 Å². The minimum Gasteiger partial charge on any atom is -0.378 e. The zero-order chi connectivity index (χ0) is 13.1. The first-order valence-electron chi connectivity index (χ1n) is 8.38. The number of ether oxygens (including phenoxy) is 1. The lowest BCUT2D eigenvalue weighted by Crippen LogP contribution is -2.64. The van der Waals surface area contributed by atoms with Crippen molar-refractivity contribution in [2.24, 2.45) is 0 Å². The van der Waals surface area contributed by atoms with Crippen LogP contribution in [0, 0.1) is 0 Å². The number of hydrogen-bond donors (Lipinski definition) is 1. The molecule has 0 aromatic carbocycles. The molecule has 2 unspecified atom stereocenters. The molecule has 2 saturated heterocycles. The second-order valence-electron chi connectivity index (χ2n) is 6.97. The maximum absolute atomic E-state index is 5.77. The average Bonchev–Trinajstić information content (AvgIpc) is 2.94. The van der Waals surface area contributed by atoms with E-state index in [2.05, 4.69) is 17.1 Å². The Morgan fingerprint density at radius 3 is 2.79 bits per heavy atom. The van der Waals surface area contributed by atoms with E-state index in [1.807, 2.05) is 0 Å². The van der Waals surface area contributed by atoms with Gasteiger partial charge in [-0.2, -0.15) is 0 Å². The van der Waals surface area contributed by atoms with E-state index in [1.54, 1.807) is 0 Å². The zero-order valence-electron chi connectivity index (χ0n) is 12.5. The number of piperazine rings is 1. The summed E-state index contributed by atoms with van der Waals surface area (Å²) in [5, 5.41) is 3.87. The Morgan fingerprint density at radius 2 is 2.05 bits per heavy atom. The van der Waals surface area contributed by atoms with Crippen molar-refractivity contribution in [3.8, 4) is 0 Å². The normalized spacial score (nSPS) is 35.8. The third-order valence-corrected chi connectivity index (χ3v) is 5.47. The number of hydrogen-bond acceptors (Lipinski definition) is 3. The molecule has 1 spiro atoms. The van der Waals surface area contributed by atoms with Gasteiger partial charge >= 0.3 is 0 Å². The van der Waals surface area contributed by atoms with Crippen molar-refractivity contribution in [1.82, 2.24) is 10.2 Å². The zero-order valence-corrected chi connectivity index (χ0v) is 12.5. The Labute approximate surface area is 118 Å². The third-order valence-electron chi connectivity index (χ3n) is 5.47. The van der Waals surface area contributed by atoms with Gasteiger partial charge < -0.3 is 10.1 Å². The third kappa shape index (κ3) is 3.32. The van der Waals surface area contributed by atoms with Crippen LogP contribution in [-0.2, 0) is 4.74 Å². The first-order valence-corrected chi connectivity index (χ1v) is 8.38. The van der Waals surface area contributed by atoms with Crippen molar-refractivity contribution in [3.05, 3.63) is 0 Å². The molecule has 19 heavy (non-hydrogen) atoms. The van der Waals surface area contributed by atoms with Crippen molar-refractivity contribution in [3.63, 3.8) is 0 Å². The summed E-state index contributed by atoms with van der Waals surface area (Å²) >= 11 is 0. The SMILES string of the molecule is CC1CNC2(CCCCC2)CN1CCC1CCCO1. The van der Waals surface area contributed by atoms with Crippen LogP contribution in [0.4, 0.5) is 0 Å². The molecule has 3 nitrogen and oxygen atoms in total. The molecule has 2 atom stereocenters. The van der Waals surface area contributed by atoms with Gasteiger partial charge in [0.1, 0.15) is 0 Å². The van der Waals surface area contributed by atoms with E-state index < -0.39 is 0 Å². The molecule has 0 bridgehead atoms. The Kier molecular flexibility index (Phi) is 4.45. The molecule has 2 aliphatic heterocycles. The number of rotatable bonds is 3. The fourth-order valence-electron chi connectivity index (χ4n) is 4.14. The summed E-state index contributed by atoms with van der Waals surface area (Å²) in [7, 11) is 0. The maximum atomic E-state index is 5.77. The highest BCUT2D eigenvalue weighted by Crippen LogP contribution is 2.32. The molecule has 0 aromatic rings. The highest BCUT2D eigenvalue weighted by atomic mass is 16.5. The van der Waals surface area contributed by atoms with Gasteiger partial charge in [0.25, 0.3) is 0 Å². The van der Waals surface area contributed by atoms with Crippen LogP contribution in [0.5, 0.6) is 0 Å². The van der Waals surface area contributed by atoms with E-state index in [1.165, 1.54) is 71.0 Å². The van der Waals surface area contributed by atoms with E-state index >= 15 is 0 Å². The summed E-state index contributed by atoms with van der Waals surface area (Å²) < 4.78 is 5.77. The standard InChI is InChI=1S/C16H30N2O/c1-14-12-17-16(8-3-2-4-9-16)13-18(14)10-7-15-6-5-11-19-15/h14-15,17H,2-13H2,1H3. The van der Waals surface area contributed by atoms with Gasteiger partial charge in [-0.3, -0.25) is 4.90 Å². The van der Waals surface area contributed by atoms with Crippen LogP contribution in [0.1, 0.15) is 58.3 Å². The van der Waals surface area contributed by atoms with Gasteiger partial charge in [0.2, 0.25) is 0 Å². The van der Waals surface area contributed by atoms with Crippen molar-refractivity contribution >= 4 is 0 Å². The van der Waals surface area contributed by atoms with Crippen molar-refractivity contribution in [2.45, 2.75) is 76.0 Å². The van der Waals surface area contributed by atoms with E-state index in [-0.39, 0.29) is 0 Å². The summed E-state index contributed by atoms with van der Waals surface area (Å²) in [6.07, 6.45) is 11.4. The van der Waals surface area contributed by atoms with Crippen molar-refractivity contribution in [1.29, 1.82) is 0 Å². The van der Waals surface area contributed by atoms with Crippen LogP contribution in [0.2, 0.25) is 0 Å². The first kappa shape index (κ1) is 13.8. The van der Waals surface area contributed by atoms with Crippen LogP contribution >= 0.6 is 0 Å². The second-order valence-corrected chi connectivity index (χ2v) is 6.97. The van der Waals surface area contributed by atoms with Gasteiger partial charge in [-0.15, -0.1) is 0 Å². The predicted molar refractivity (Wildman–Crippen MR) is 78.4 cm³/mol. The summed E-state index contributed by atoms with van der Waals surface area (Å²) in [6, 6.07) is 0.689. The van der Waals surface area contributed by atoms with Crippen LogP contribution in [0.3, 0.4) is 0 Å². The molecule has 0 aromatic heterocycles. The molecule has 1 aliphatic carbocycles. The highest BCUT2D eigenvalue weighted by molar-refractivity contribution is 4.98. The van der Waals surface area contributed by atoms with Crippen LogP contribution in [0.15, 0.2) is 0 Å². The van der Waals surface area contributed by atoms with Gasteiger partial charge in [0.05, 0.1) is 6.10 Å². The molecule has 3 heteroatoms. The first-order chi connectivity index (χ1) is 9.27. The molecule has 1 N–H and O–H groups in total. The predicted octanol–water partition coefficient (Wildman–Crippen LogP) is 2.55. The van der Waals surface area contributed by atoms with Crippen LogP contribution < -0.4 is 5.32 Å². The van der Waals surface area contributed by atoms with E-state index in [9.17, 15) is 0 Å². The van der Waals surface area contributed by atoms with Crippen LogP contribution in [-0.4, -0.2) is 48.8 Å². The van der Waals surface area contributed by atoms with Gasteiger partial charge in [0.15, 0.2) is 0 Å². The van der Waals surface area contributed by atoms with Gasteiger partial charge in [-0.25, -0.2) is 0 Å². The number of nitrogens with one attached hydrogen (secondary N) is 1. The maximum Gasteiger partial charge on any atom is 0.0588 e. The quantitative estimate of drug-likeness (QED) is 0.849. The fraction of sp³-hybridized carbons (Fsp3) is 1.00. The topological polar surface area (TPSA) is 24.5 Å². The highest BCUT2D eigenvalue weighted by Gasteiger charge is 2.38. The van der Waals surface area contributed by atoms with E-state index in [0.29, 0.717) is 17.7 Å². The summed E-state index contributed by atoms with van der Waals surface area (Å²) in [6.45, 7) is 7.03. The molecular formula is C16H30N2O. The smallest absolute Gasteiger partial charge is 0.0588 e. The Bertz CT molecular complexity index is 282. The van der Waals surface area contributed by atoms with Crippen molar-refractivity contribution in [2.75, 3.05) is 26.2 Å². The molecule has 110 valence electrons.